The number of rotatable bonds is 3. The van der Waals surface area contributed by atoms with Gasteiger partial charge >= 0.3 is 0 Å². The topological polar surface area (TPSA) is 143 Å². The van der Waals surface area contributed by atoms with Crippen molar-refractivity contribution in [2.75, 3.05) is 39.4 Å². The minimum atomic E-state index is -0.272. The van der Waals surface area contributed by atoms with Crippen LogP contribution >= 0.6 is 0 Å². The van der Waals surface area contributed by atoms with Crippen LogP contribution in [-0.4, -0.2) is 83.5 Å². The first kappa shape index (κ1) is 24.6. The molecule has 3 aliphatic rings. The number of pyridine rings is 1. The molecule has 0 saturated carbocycles. The molecule has 1 aromatic heterocycles. The van der Waals surface area contributed by atoms with Gasteiger partial charge in [-0.2, -0.15) is 0 Å². The summed E-state index contributed by atoms with van der Waals surface area (Å²) in [6.45, 7) is 3.29. The lowest BCUT2D eigenvalue weighted by molar-refractivity contribution is -0.155. The largest absolute Gasteiger partial charge is 0.483 e. The van der Waals surface area contributed by atoms with Gasteiger partial charge in [0, 0.05) is 56.7 Å². The number of carbonyl (C=O) groups is 4. The van der Waals surface area contributed by atoms with E-state index < -0.39 is 0 Å². The van der Waals surface area contributed by atoms with Gasteiger partial charge in [0.25, 0.3) is 12.4 Å². The molecule has 3 N–H and O–H groups in total. The van der Waals surface area contributed by atoms with E-state index >= 15 is 0 Å². The summed E-state index contributed by atoms with van der Waals surface area (Å²) < 4.78 is 5.72. The zero-order chi connectivity index (χ0) is 23.8. The number of primary amides is 1. The Hall–Kier alpha value is -3.01. The maximum absolute atomic E-state index is 13.4. The fourth-order valence-corrected chi connectivity index (χ4v) is 5.20. The molecular formula is C23H32N4O6. The van der Waals surface area contributed by atoms with Crippen LogP contribution in [0.3, 0.4) is 0 Å². The van der Waals surface area contributed by atoms with Gasteiger partial charge in [-0.05, 0) is 49.7 Å². The van der Waals surface area contributed by atoms with Crippen molar-refractivity contribution in [2.45, 2.75) is 32.1 Å². The maximum atomic E-state index is 13.4. The zero-order valence-corrected chi connectivity index (χ0v) is 18.7. The first-order valence-electron chi connectivity index (χ1n) is 11.3. The average Bonchev–Trinajstić information content (AvgIpc) is 2.85. The van der Waals surface area contributed by atoms with Crippen molar-refractivity contribution in [1.29, 1.82) is 0 Å². The lowest BCUT2D eigenvalue weighted by atomic mass is 9.65. The Balaban J connectivity index is 0.000000968. The van der Waals surface area contributed by atoms with Crippen molar-refractivity contribution in [1.82, 2.24) is 14.8 Å². The number of amides is 3. The smallest absolute Gasteiger partial charge is 0.290 e. The normalized spacial score (nSPS) is 22.7. The molecule has 1 atom stereocenters. The summed E-state index contributed by atoms with van der Waals surface area (Å²) in [5, 5.41) is 6.89. The van der Waals surface area contributed by atoms with Gasteiger partial charge < -0.3 is 25.4 Å². The van der Waals surface area contributed by atoms with E-state index in [1.807, 2.05) is 9.80 Å². The molecule has 0 aromatic carbocycles. The Morgan fingerprint density at radius 2 is 1.67 bits per heavy atom. The monoisotopic (exact) mass is 460 g/mol. The van der Waals surface area contributed by atoms with Gasteiger partial charge in [-0.3, -0.25) is 24.2 Å². The number of hydrogen-bond donors (Lipinski definition) is 2. The third-order valence-corrected chi connectivity index (χ3v) is 7.25. The van der Waals surface area contributed by atoms with Gasteiger partial charge in [0.2, 0.25) is 11.8 Å². The molecule has 10 nitrogen and oxygen atoms in total. The van der Waals surface area contributed by atoms with Crippen molar-refractivity contribution < 1.29 is 29.0 Å². The second kappa shape index (κ2) is 11.2. The van der Waals surface area contributed by atoms with Gasteiger partial charge in [-0.15, -0.1) is 0 Å². The Labute approximate surface area is 193 Å². The minimum absolute atomic E-state index is 0.0238. The van der Waals surface area contributed by atoms with E-state index in [9.17, 15) is 14.4 Å². The molecule has 180 valence electrons. The highest BCUT2D eigenvalue weighted by Gasteiger charge is 2.48. The molecular weight excluding hydrogens is 428 g/mol. The molecule has 4 heterocycles. The zero-order valence-electron chi connectivity index (χ0n) is 18.7. The number of aromatic nitrogens is 1. The Morgan fingerprint density at radius 3 is 2.24 bits per heavy atom. The summed E-state index contributed by atoms with van der Waals surface area (Å²) in [7, 11) is 0. The van der Waals surface area contributed by atoms with Crippen molar-refractivity contribution in [3.63, 3.8) is 0 Å². The number of hydrogen-bond acceptors (Lipinski definition) is 6. The predicted molar refractivity (Wildman–Crippen MR) is 118 cm³/mol. The summed E-state index contributed by atoms with van der Waals surface area (Å²) in [5.74, 6) is -0.435. The quantitative estimate of drug-likeness (QED) is 0.634. The van der Waals surface area contributed by atoms with Crippen LogP contribution in [0.25, 0.3) is 0 Å². The summed E-state index contributed by atoms with van der Waals surface area (Å²) in [6.07, 6.45) is 6.99. The number of ether oxygens (including phenoxy) is 1. The standard InChI is InChI=1S/C22H30N4O4.CH2O2/c23-19(27)16-3-10-25(11-4-16)21(29)18-15-30-14-7-22(18)5-12-26(13-6-22)20(28)17-1-8-24-9-2-17;2-1-3/h1-2,8-9,16,18H,3-7,10-15H2,(H2,23,27);1H,(H,2,3). The number of nitrogens with two attached hydrogens (primary N) is 1. The van der Waals surface area contributed by atoms with E-state index in [4.69, 9.17) is 20.4 Å². The lowest BCUT2D eigenvalue weighted by Gasteiger charge is -2.49. The van der Waals surface area contributed by atoms with E-state index in [0.717, 1.165) is 19.3 Å². The van der Waals surface area contributed by atoms with Crippen LogP contribution in [-0.2, 0) is 19.1 Å². The molecule has 3 fully saturated rings. The Morgan fingerprint density at radius 1 is 1.06 bits per heavy atom. The van der Waals surface area contributed by atoms with Crippen molar-refractivity contribution in [3.8, 4) is 0 Å². The van der Waals surface area contributed by atoms with Crippen LogP contribution in [0.2, 0.25) is 0 Å². The van der Waals surface area contributed by atoms with E-state index in [-0.39, 0.29) is 41.4 Å². The first-order chi connectivity index (χ1) is 15.9. The summed E-state index contributed by atoms with van der Waals surface area (Å²) in [6, 6.07) is 3.48. The van der Waals surface area contributed by atoms with Crippen LogP contribution in [0.4, 0.5) is 0 Å². The molecule has 0 radical (unpaired) electrons. The van der Waals surface area contributed by atoms with E-state index in [2.05, 4.69) is 4.98 Å². The van der Waals surface area contributed by atoms with Crippen LogP contribution in [0.15, 0.2) is 24.5 Å². The number of carboxylic acid groups (broad SMARTS) is 1. The van der Waals surface area contributed by atoms with Crippen molar-refractivity contribution in [2.24, 2.45) is 23.0 Å². The molecule has 10 heteroatoms. The maximum Gasteiger partial charge on any atom is 0.290 e. The highest BCUT2D eigenvalue weighted by molar-refractivity contribution is 5.94. The van der Waals surface area contributed by atoms with Gasteiger partial charge in [0.05, 0.1) is 12.5 Å². The molecule has 33 heavy (non-hydrogen) atoms. The van der Waals surface area contributed by atoms with Crippen LogP contribution in [0.5, 0.6) is 0 Å². The van der Waals surface area contributed by atoms with Gasteiger partial charge in [0.1, 0.15) is 0 Å². The molecule has 0 aliphatic carbocycles. The van der Waals surface area contributed by atoms with E-state index in [1.54, 1.807) is 24.5 Å². The molecule has 1 aromatic rings. The summed E-state index contributed by atoms with van der Waals surface area (Å²) in [5.41, 5.74) is 5.96. The summed E-state index contributed by atoms with van der Waals surface area (Å²) >= 11 is 0. The number of carbonyl (C=O) groups excluding carboxylic acids is 3. The predicted octanol–water partition coefficient (Wildman–Crippen LogP) is 0.765. The first-order valence-corrected chi connectivity index (χ1v) is 11.3. The number of likely N-dealkylation sites (tertiary alicyclic amines) is 2. The molecule has 4 rings (SSSR count). The van der Waals surface area contributed by atoms with Crippen LogP contribution in [0, 0.1) is 17.3 Å². The highest BCUT2D eigenvalue weighted by Crippen LogP contribution is 2.46. The minimum Gasteiger partial charge on any atom is -0.483 e. The summed E-state index contributed by atoms with van der Waals surface area (Å²) in [4.78, 5) is 53.7. The lowest BCUT2D eigenvalue weighted by Crippen LogP contribution is -2.55. The van der Waals surface area contributed by atoms with Gasteiger partial charge in [0.15, 0.2) is 0 Å². The molecule has 1 unspecified atom stereocenters. The van der Waals surface area contributed by atoms with Crippen LogP contribution in [0.1, 0.15) is 42.5 Å². The fourth-order valence-electron chi connectivity index (χ4n) is 5.20. The third-order valence-electron chi connectivity index (χ3n) is 7.25. The van der Waals surface area contributed by atoms with Crippen molar-refractivity contribution >= 4 is 24.2 Å². The molecule has 1 spiro atoms. The van der Waals surface area contributed by atoms with Gasteiger partial charge in [-0.1, -0.05) is 0 Å². The molecule has 3 aliphatic heterocycles. The Bertz CT molecular complexity index is 833. The Kier molecular flexibility index (Phi) is 8.37. The average molecular weight is 461 g/mol. The second-order valence-corrected chi connectivity index (χ2v) is 8.88. The van der Waals surface area contributed by atoms with Crippen LogP contribution < -0.4 is 5.73 Å². The molecule has 3 saturated heterocycles. The van der Waals surface area contributed by atoms with Gasteiger partial charge in [-0.25, -0.2) is 0 Å². The SMILES string of the molecule is NC(=O)C1CCN(C(=O)C2COCCC23CCN(C(=O)c2ccncc2)CC3)CC1.O=CO. The number of piperidine rings is 2. The third kappa shape index (κ3) is 5.68. The van der Waals surface area contributed by atoms with E-state index in [1.165, 1.54) is 0 Å². The highest BCUT2D eigenvalue weighted by atomic mass is 16.5. The van der Waals surface area contributed by atoms with Crippen molar-refractivity contribution in [3.05, 3.63) is 30.1 Å². The second-order valence-electron chi connectivity index (χ2n) is 8.88. The molecule has 0 bridgehead atoms. The fraction of sp³-hybridized carbons (Fsp3) is 0.609. The van der Waals surface area contributed by atoms with E-state index in [0.29, 0.717) is 57.8 Å². The number of nitrogens with zero attached hydrogens (tertiary/aromatic N) is 3. The molecule has 3 amide bonds.